The molecule has 2 rings (SSSR count). The van der Waals surface area contributed by atoms with Crippen molar-refractivity contribution in [3.05, 3.63) is 52.3 Å². The number of hydrogen-bond acceptors (Lipinski definition) is 4. The van der Waals surface area contributed by atoms with Gasteiger partial charge in [0.05, 0.1) is 31.9 Å². The van der Waals surface area contributed by atoms with Gasteiger partial charge in [-0.3, -0.25) is 4.79 Å². The van der Waals surface area contributed by atoms with Crippen molar-refractivity contribution in [3.8, 4) is 5.75 Å². The van der Waals surface area contributed by atoms with E-state index in [-0.39, 0.29) is 18.9 Å². The van der Waals surface area contributed by atoms with Crippen LogP contribution in [0.1, 0.15) is 44.6 Å². The smallest absolute Gasteiger partial charge is 0.340 e. The van der Waals surface area contributed by atoms with E-state index in [0.29, 0.717) is 29.1 Å². The van der Waals surface area contributed by atoms with E-state index in [1.165, 1.54) is 0 Å². The van der Waals surface area contributed by atoms with Gasteiger partial charge in [0, 0.05) is 17.0 Å². The van der Waals surface area contributed by atoms with Gasteiger partial charge in [-0.05, 0) is 45.0 Å². The Labute approximate surface area is 154 Å². The fraction of sp³-hybridized carbons (Fsp3) is 0.400. The largest absolute Gasteiger partial charge is 0.497 e. The van der Waals surface area contributed by atoms with E-state index < -0.39 is 5.97 Å². The fourth-order valence-corrected chi connectivity index (χ4v) is 3.11. The zero-order chi connectivity index (χ0) is 19.3. The first kappa shape index (κ1) is 19.7. The minimum atomic E-state index is -0.453. The summed E-state index contributed by atoms with van der Waals surface area (Å²) in [5, 5.41) is 0. The molecule has 0 radical (unpaired) electrons. The number of ether oxygens (including phenoxy) is 2. The zero-order valence-electron chi connectivity index (χ0n) is 16.1. The summed E-state index contributed by atoms with van der Waals surface area (Å²) in [6.45, 7) is 6.61. The molecule has 6 heteroatoms. The Morgan fingerprint density at radius 3 is 2.27 bits per heavy atom. The first-order chi connectivity index (χ1) is 12.4. The zero-order valence-corrected chi connectivity index (χ0v) is 16.1. The second-order valence-corrected chi connectivity index (χ2v) is 6.43. The van der Waals surface area contributed by atoms with Crippen molar-refractivity contribution in [2.24, 2.45) is 0 Å². The molecule has 0 aliphatic carbocycles. The van der Waals surface area contributed by atoms with Gasteiger partial charge in [-0.25, -0.2) is 4.79 Å². The second-order valence-electron chi connectivity index (χ2n) is 6.43. The van der Waals surface area contributed by atoms with Gasteiger partial charge in [-0.15, -0.1) is 0 Å². The molecule has 0 amide bonds. The maximum absolute atomic E-state index is 12.8. The lowest BCUT2D eigenvalue weighted by atomic mass is 10.0. The minimum absolute atomic E-state index is 0.0686. The number of aromatic nitrogens is 1. The van der Waals surface area contributed by atoms with Crippen molar-refractivity contribution in [1.29, 1.82) is 0 Å². The maximum Gasteiger partial charge on any atom is 0.340 e. The highest BCUT2D eigenvalue weighted by molar-refractivity contribution is 6.08. The van der Waals surface area contributed by atoms with E-state index in [0.717, 1.165) is 16.2 Å². The van der Waals surface area contributed by atoms with E-state index in [1.807, 2.05) is 38.2 Å². The summed E-state index contributed by atoms with van der Waals surface area (Å²) in [7, 11) is 3.59. The molecule has 1 aromatic heterocycles. The van der Waals surface area contributed by atoms with Gasteiger partial charge in [0.25, 0.3) is 0 Å². The monoisotopic (exact) mass is 359 g/mol. The van der Waals surface area contributed by atoms with Crippen molar-refractivity contribution in [1.82, 2.24) is 4.98 Å². The average Bonchev–Trinajstić information content (AvgIpc) is 2.89. The van der Waals surface area contributed by atoms with Crippen LogP contribution in [0.2, 0.25) is 0 Å². The number of quaternary nitrogens is 1. The standard InChI is InChI=1S/C20H26N2O4/c1-6-26-20(24)19-14(3)21-13(2)18(19)17(23)12-22(4)11-15-7-9-16(25-5)10-8-15/h7-10,21H,6,11-12H2,1-5H3/p+1. The van der Waals surface area contributed by atoms with Crippen LogP contribution in [-0.2, 0) is 11.3 Å². The predicted octanol–water partition coefficient (Wildman–Crippen LogP) is 1.71. The molecule has 0 bridgehead atoms. The molecule has 1 aromatic carbocycles. The minimum Gasteiger partial charge on any atom is -0.497 e. The topological polar surface area (TPSA) is 72.8 Å². The molecule has 26 heavy (non-hydrogen) atoms. The number of esters is 1. The summed E-state index contributed by atoms with van der Waals surface area (Å²) in [6, 6.07) is 7.79. The lowest BCUT2D eigenvalue weighted by Gasteiger charge is -2.14. The van der Waals surface area contributed by atoms with Gasteiger partial charge >= 0.3 is 5.97 Å². The second kappa shape index (κ2) is 8.67. The summed E-state index contributed by atoms with van der Waals surface area (Å²) in [6.07, 6.45) is 0. The molecule has 1 heterocycles. The quantitative estimate of drug-likeness (QED) is 0.556. The van der Waals surface area contributed by atoms with Crippen LogP contribution < -0.4 is 9.64 Å². The highest BCUT2D eigenvalue weighted by Crippen LogP contribution is 2.20. The van der Waals surface area contributed by atoms with E-state index in [1.54, 1.807) is 21.0 Å². The first-order valence-corrected chi connectivity index (χ1v) is 8.71. The number of carbonyl (C=O) groups is 2. The molecule has 0 aliphatic rings. The molecule has 0 fully saturated rings. The Hall–Kier alpha value is -2.60. The molecule has 1 unspecified atom stereocenters. The van der Waals surface area contributed by atoms with Crippen LogP contribution in [0.3, 0.4) is 0 Å². The number of nitrogens with one attached hydrogen (secondary N) is 2. The number of aromatic amines is 1. The number of H-pyrrole nitrogens is 1. The van der Waals surface area contributed by atoms with E-state index in [2.05, 4.69) is 4.98 Å². The van der Waals surface area contributed by atoms with Crippen LogP contribution in [0.15, 0.2) is 24.3 Å². The molecule has 2 aromatic rings. The third kappa shape index (κ3) is 4.52. The third-order valence-corrected chi connectivity index (χ3v) is 4.26. The fourth-order valence-electron chi connectivity index (χ4n) is 3.11. The molecule has 0 aliphatic heterocycles. The number of ketones is 1. The SMILES string of the molecule is CCOC(=O)c1c(C)[nH]c(C)c1C(=O)C[NH+](C)Cc1ccc(OC)cc1. The molecule has 2 N–H and O–H groups in total. The van der Waals surface area contributed by atoms with Gasteiger partial charge in [-0.2, -0.15) is 0 Å². The molecule has 0 saturated carbocycles. The van der Waals surface area contributed by atoms with Crippen LogP contribution in [0.4, 0.5) is 0 Å². The molecule has 1 atom stereocenters. The number of carbonyl (C=O) groups excluding carboxylic acids is 2. The Morgan fingerprint density at radius 1 is 1.08 bits per heavy atom. The predicted molar refractivity (Wildman–Crippen MR) is 99.0 cm³/mol. The Kier molecular flexibility index (Phi) is 6.58. The van der Waals surface area contributed by atoms with Crippen LogP contribution in [0, 0.1) is 13.8 Å². The lowest BCUT2D eigenvalue weighted by molar-refractivity contribution is -0.884. The Balaban J connectivity index is 2.12. The van der Waals surface area contributed by atoms with E-state index in [4.69, 9.17) is 9.47 Å². The number of hydrogen-bond donors (Lipinski definition) is 2. The van der Waals surface area contributed by atoms with Crippen molar-refractivity contribution in [3.63, 3.8) is 0 Å². The van der Waals surface area contributed by atoms with Gasteiger partial charge < -0.3 is 19.4 Å². The lowest BCUT2D eigenvalue weighted by Crippen LogP contribution is -3.08. The van der Waals surface area contributed by atoms with Crippen molar-refractivity contribution in [2.45, 2.75) is 27.3 Å². The molecular formula is C20H27N2O4+. The van der Waals surface area contributed by atoms with E-state index in [9.17, 15) is 9.59 Å². The number of aryl methyl sites for hydroxylation is 2. The molecule has 0 saturated heterocycles. The van der Waals surface area contributed by atoms with Crippen LogP contribution in [0.5, 0.6) is 5.75 Å². The summed E-state index contributed by atoms with van der Waals surface area (Å²) in [5.41, 5.74) is 3.27. The van der Waals surface area contributed by atoms with Crippen LogP contribution in [-0.4, -0.2) is 44.0 Å². The average molecular weight is 359 g/mol. The third-order valence-electron chi connectivity index (χ3n) is 4.26. The number of benzene rings is 1. The maximum atomic E-state index is 12.8. The number of likely N-dealkylation sites (N-methyl/N-ethyl adjacent to an activating group) is 1. The summed E-state index contributed by atoms with van der Waals surface area (Å²) in [4.78, 5) is 29.2. The van der Waals surface area contributed by atoms with Crippen LogP contribution in [0.25, 0.3) is 0 Å². The highest BCUT2D eigenvalue weighted by atomic mass is 16.5. The van der Waals surface area contributed by atoms with Crippen molar-refractivity contribution in [2.75, 3.05) is 27.3 Å². The van der Waals surface area contributed by atoms with Gasteiger partial charge in [0.2, 0.25) is 5.78 Å². The number of Topliss-reactive ketones (excluding diaryl/α,β-unsaturated/α-hetero) is 1. The summed E-state index contributed by atoms with van der Waals surface area (Å²) < 4.78 is 10.3. The molecule has 0 spiro atoms. The molecule has 6 nitrogen and oxygen atoms in total. The van der Waals surface area contributed by atoms with Crippen molar-refractivity contribution >= 4 is 11.8 Å². The van der Waals surface area contributed by atoms with Crippen molar-refractivity contribution < 1.29 is 24.0 Å². The number of rotatable bonds is 8. The highest BCUT2D eigenvalue weighted by Gasteiger charge is 2.27. The summed E-state index contributed by atoms with van der Waals surface area (Å²) >= 11 is 0. The Morgan fingerprint density at radius 2 is 1.69 bits per heavy atom. The molecule has 140 valence electrons. The van der Waals surface area contributed by atoms with Gasteiger partial charge in [-0.1, -0.05) is 0 Å². The number of methoxy groups -OCH3 is 1. The molecular weight excluding hydrogens is 332 g/mol. The van der Waals surface area contributed by atoms with Gasteiger partial charge in [0.15, 0.2) is 0 Å². The Bertz CT molecular complexity index is 778. The van der Waals surface area contributed by atoms with E-state index >= 15 is 0 Å². The summed E-state index contributed by atoms with van der Waals surface area (Å²) in [5.74, 6) is 0.284. The first-order valence-electron chi connectivity index (χ1n) is 8.71. The van der Waals surface area contributed by atoms with Gasteiger partial charge in [0.1, 0.15) is 18.8 Å². The normalized spacial score (nSPS) is 11.9. The van der Waals surface area contributed by atoms with Crippen LogP contribution >= 0.6 is 0 Å².